The average molecular weight is 339 g/mol. The lowest BCUT2D eigenvalue weighted by Gasteiger charge is -2.21. The first kappa shape index (κ1) is 15.8. The zero-order chi connectivity index (χ0) is 17.4. The lowest BCUT2D eigenvalue weighted by molar-refractivity contribution is 0.0752. The fraction of sp³-hybridized carbons (Fsp3) is 0.444. The highest BCUT2D eigenvalue weighted by molar-refractivity contribution is 5.92. The molecule has 1 aliphatic heterocycles. The minimum absolute atomic E-state index is 0.113. The number of rotatable bonds is 3. The molecule has 25 heavy (non-hydrogen) atoms. The topological polar surface area (TPSA) is 80.1 Å². The molecule has 0 radical (unpaired) electrons. The zero-order valence-corrected chi connectivity index (χ0v) is 14.2. The van der Waals surface area contributed by atoms with Crippen LogP contribution in [0, 0.1) is 0 Å². The number of nitrogens with zero attached hydrogens (tertiary/aromatic N) is 4. The number of carbonyl (C=O) groups excluding carboxylic acids is 1. The number of hydrogen-bond acceptors (Lipinski definition) is 5. The van der Waals surface area contributed by atoms with Crippen LogP contribution in [0.2, 0.25) is 0 Å². The molecule has 3 heterocycles. The van der Waals surface area contributed by atoms with Gasteiger partial charge in [-0.2, -0.15) is 0 Å². The third kappa shape index (κ3) is 3.14. The van der Waals surface area contributed by atoms with Gasteiger partial charge in [-0.25, -0.2) is 9.97 Å². The standard InChI is InChI=1S/C18H21N5O2/c1-22-15(3-2-4-16(22)24)18(25)23-9-7-13-14(8-10-23)19-11-20-17(13)21-12-5-6-12/h2-4,11-12H,5-10H2,1H3,(H,19,20,21). The number of pyridine rings is 1. The van der Waals surface area contributed by atoms with Gasteiger partial charge in [-0.15, -0.1) is 0 Å². The predicted molar refractivity (Wildman–Crippen MR) is 93.7 cm³/mol. The van der Waals surface area contributed by atoms with Gasteiger partial charge in [-0.05, 0) is 25.3 Å². The highest BCUT2D eigenvalue weighted by Crippen LogP contribution is 2.27. The van der Waals surface area contributed by atoms with Crippen LogP contribution in [-0.2, 0) is 19.9 Å². The van der Waals surface area contributed by atoms with Gasteiger partial charge in [0.25, 0.3) is 11.5 Å². The van der Waals surface area contributed by atoms with Crippen molar-refractivity contribution in [1.82, 2.24) is 19.4 Å². The fourth-order valence-corrected chi connectivity index (χ4v) is 3.22. The second-order valence-corrected chi connectivity index (χ2v) is 6.67. The molecule has 7 heteroatoms. The second kappa shape index (κ2) is 6.31. The van der Waals surface area contributed by atoms with E-state index in [1.54, 1.807) is 30.4 Å². The van der Waals surface area contributed by atoms with Crippen LogP contribution in [0.3, 0.4) is 0 Å². The van der Waals surface area contributed by atoms with E-state index < -0.39 is 0 Å². The number of aromatic nitrogens is 3. The van der Waals surface area contributed by atoms with Gasteiger partial charge in [-0.3, -0.25) is 9.59 Å². The molecule has 2 aromatic heterocycles. The van der Waals surface area contributed by atoms with Crippen LogP contribution in [0.5, 0.6) is 0 Å². The highest BCUT2D eigenvalue weighted by Gasteiger charge is 2.26. The van der Waals surface area contributed by atoms with Crippen molar-refractivity contribution in [2.45, 2.75) is 31.7 Å². The molecule has 1 N–H and O–H groups in total. The maximum absolute atomic E-state index is 12.9. The lowest BCUT2D eigenvalue weighted by Crippen LogP contribution is -2.36. The summed E-state index contributed by atoms with van der Waals surface area (Å²) in [6.07, 6.45) is 5.39. The Morgan fingerprint density at radius 3 is 2.80 bits per heavy atom. The van der Waals surface area contributed by atoms with E-state index in [9.17, 15) is 9.59 Å². The molecule has 7 nitrogen and oxygen atoms in total. The molecule has 0 saturated heterocycles. The Morgan fingerprint density at radius 2 is 2.00 bits per heavy atom. The molecule has 0 bridgehead atoms. The molecule has 1 fully saturated rings. The molecule has 130 valence electrons. The van der Waals surface area contributed by atoms with Crippen molar-refractivity contribution >= 4 is 11.7 Å². The minimum atomic E-state index is -0.175. The smallest absolute Gasteiger partial charge is 0.270 e. The van der Waals surface area contributed by atoms with E-state index in [-0.39, 0.29) is 11.5 Å². The summed E-state index contributed by atoms with van der Waals surface area (Å²) in [5, 5.41) is 3.46. The number of anilines is 1. The van der Waals surface area contributed by atoms with E-state index in [0.717, 1.165) is 23.5 Å². The van der Waals surface area contributed by atoms with Crippen molar-refractivity contribution in [2.24, 2.45) is 7.05 Å². The molecular formula is C18H21N5O2. The number of carbonyl (C=O) groups is 1. The van der Waals surface area contributed by atoms with Crippen molar-refractivity contribution in [2.75, 3.05) is 18.4 Å². The predicted octanol–water partition coefficient (Wildman–Crippen LogP) is 0.991. The minimum Gasteiger partial charge on any atom is -0.367 e. The summed E-state index contributed by atoms with van der Waals surface area (Å²) in [5.41, 5.74) is 2.37. The molecule has 0 atom stereocenters. The summed E-state index contributed by atoms with van der Waals surface area (Å²) in [6, 6.07) is 5.31. The zero-order valence-electron chi connectivity index (χ0n) is 14.2. The molecule has 1 aliphatic carbocycles. The van der Waals surface area contributed by atoms with Crippen LogP contribution in [0.25, 0.3) is 0 Å². The van der Waals surface area contributed by atoms with Gasteiger partial charge in [0.2, 0.25) is 0 Å². The van der Waals surface area contributed by atoms with E-state index in [2.05, 4.69) is 15.3 Å². The van der Waals surface area contributed by atoms with Crippen molar-refractivity contribution < 1.29 is 4.79 Å². The monoisotopic (exact) mass is 339 g/mol. The van der Waals surface area contributed by atoms with Crippen molar-refractivity contribution in [3.63, 3.8) is 0 Å². The summed E-state index contributed by atoms with van der Waals surface area (Å²) in [7, 11) is 1.63. The molecule has 4 rings (SSSR count). The number of hydrogen-bond donors (Lipinski definition) is 1. The highest BCUT2D eigenvalue weighted by atomic mass is 16.2. The summed E-state index contributed by atoms with van der Waals surface area (Å²) in [6.45, 7) is 1.19. The van der Waals surface area contributed by atoms with Crippen LogP contribution in [0.15, 0.2) is 29.3 Å². The summed E-state index contributed by atoms with van der Waals surface area (Å²) < 4.78 is 1.40. The van der Waals surface area contributed by atoms with Crippen molar-refractivity contribution in [3.05, 3.63) is 51.8 Å². The largest absolute Gasteiger partial charge is 0.367 e. The van der Waals surface area contributed by atoms with E-state index in [4.69, 9.17) is 0 Å². The van der Waals surface area contributed by atoms with Crippen molar-refractivity contribution in [3.8, 4) is 0 Å². The van der Waals surface area contributed by atoms with Crippen molar-refractivity contribution in [1.29, 1.82) is 0 Å². The lowest BCUT2D eigenvalue weighted by atomic mass is 10.1. The van der Waals surface area contributed by atoms with Gasteiger partial charge in [0, 0.05) is 44.2 Å². The third-order valence-electron chi connectivity index (χ3n) is 4.89. The Hall–Kier alpha value is -2.70. The van der Waals surface area contributed by atoms with E-state index in [1.807, 2.05) is 0 Å². The Labute approximate surface area is 145 Å². The molecule has 0 spiro atoms. The Morgan fingerprint density at radius 1 is 1.20 bits per heavy atom. The maximum Gasteiger partial charge on any atom is 0.270 e. The first-order chi connectivity index (χ1) is 12.1. The van der Waals surface area contributed by atoms with Gasteiger partial charge >= 0.3 is 0 Å². The molecule has 2 aromatic rings. The molecule has 1 amide bonds. The quantitative estimate of drug-likeness (QED) is 0.902. The van der Waals surface area contributed by atoms with Gasteiger partial charge in [-0.1, -0.05) is 6.07 Å². The SMILES string of the molecule is Cn1c(C(=O)N2CCc3ncnc(NC4CC4)c3CC2)cccc1=O. The first-order valence-corrected chi connectivity index (χ1v) is 8.68. The Kier molecular flexibility index (Phi) is 3.99. The molecule has 0 unspecified atom stereocenters. The van der Waals surface area contributed by atoms with Crippen LogP contribution in [0.4, 0.5) is 5.82 Å². The summed E-state index contributed by atoms with van der Waals surface area (Å²) >= 11 is 0. The van der Waals surface area contributed by atoms with Gasteiger partial charge in [0.1, 0.15) is 17.8 Å². The molecule has 0 aromatic carbocycles. The van der Waals surface area contributed by atoms with Crippen LogP contribution < -0.4 is 10.9 Å². The summed E-state index contributed by atoms with van der Waals surface area (Å²) in [5.74, 6) is 0.798. The van der Waals surface area contributed by atoms with Gasteiger partial charge in [0.05, 0.1) is 5.69 Å². The molecule has 2 aliphatic rings. The normalized spacial score (nSPS) is 16.9. The average Bonchev–Trinajstić information content (AvgIpc) is 3.43. The van der Waals surface area contributed by atoms with E-state index in [1.165, 1.54) is 23.5 Å². The van der Waals surface area contributed by atoms with Gasteiger partial charge < -0.3 is 14.8 Å². The Balaban J connectivity index is 1.56. The first-order valence-electron chi connectivity index (χ1n) is 8.68. The second-order valence-electron chi connectivity index (χ2n) is 6.67. The third-order valence-corrected chi connectivity index (χ3v) is 4.89. The fourth-order valence-electron chi connectivity index (χ4n) is 3.22. The number of nitrogens with one attached hydrogen (secondary N) is 1. The Bertz CT molecular complexity index is 872. The van der Waals surface area contributed by atoms with E-state index in [0.29, 0.717) is 31.2 Å². The van der Waals surface area contributed by atoms with Crippen LogP contribution in [-0.4, -0.2) is 44.5 Å². The van der Waals surface area contributed by atoms with Crippen LogP contribution >= 0.6 is 0 Å². The number of amides is 1. The molecular weight excluding hydrogens is 318 g/mol. The summed E-state index contributed by atoms with van der Waals surface area (Å²) in [4.78, 5) is 35.3. The van der Waals surface area contributed by atoms with Gasteiger partial charge in [0.15, 0.2) is 0 Å². The molecule has 1 saturated carbocycles. The van der Waals surface area contributed by atoms with Crippen LogP contribution in [0.1, 0.15) is 34.6 Å². The van der Waals surface area contributed by atoms with E-state index >= 15 is 0 Å². The number of fused-ring (bicyclic) bond motifs is 1. The maximum atomic E-state index is 12.9.